The van der Waals surface area contributed by atoms with Crippen molar-refractivity contribution in [2.45, 2.75) is 4.90 Å². The summed E-state index contributed by atoms with van der Waals surface area (Å²) in [5, 5.41) is 26.0. The zero-order valence-corrected chi connectivity index (χ0v) is 19.4. The van der Waals surface area contributed by atoms with E-state index in [1.807, 2.05) is 12.1 Å². The number of carbonyl (C=O) groups excluding carboxylic acids is 1. The van der Waals surface area contributed by atoms with Crippen LogP contribution in [0.2, 0.25) is 10.0 Å². The number of hydrogen-bond donors (Lipinski definition) is 2. The molecule has 0 fully saturated rings. The first-order chi connectivity index (χ1) is 16.1. The Labute approximate surface area is 204 Å². The van der Waals surface area contributed by atoms with Gasteiger partial charge in [-0.15, -0.1) is 0 Å². The predicted molar refractivity (Wildman–Crippen MR) is 124 cm³/mol. The summed E-state index contributed by atoms with van der Waals surface area (Å²) in [6.45, 7) is -0.421. The highest BCUT2D eigenvalue weighted by molar-refractivity contribution is 7.89. The lowest BCUT2D eigenvalue weighted by molar-refractivity contribution is -0.118. The lowest BCUT2D eigenvalue weighted by Crippen LogP contribution is -2.20. The molecule has 3 N–H and O–H groups in total. The molecule has 0 aliphatic heterocycles. The summed E-state index contributed by atoms with van der Waals surface area (Å²) in [5.74, 6) is 0.140. The average molecular weight is 517 g/mol. The Morgan fingerprint density at radius 1 is 0.941 bits per heavy atom. The highest BCUT2D eigenvalue weighted by Crippen LogP contribution is 2.31. The van der Waals surface area contributed by atoms with E-state index in [4.69, 9.17) is 48.3 Å². The number of nitriles is 2. The number of amides is 1. The number of anilines is 1. The number of primary sulfonamides is 1. The van der Waals surface area contributed by atoms with Gasteiger partial charge in [0.05, 0.1) is 38.9 Å². The molecule has 12 heteroatoms. The maximum absolute atomic E-state index is 12.3. The van der Waals surface area contributed by atoms with Crippen molar-refractivity contribution in [3.63, 3.8) is 0 Å². The van der Waals surface area contributed by atoms with E-state index in [1.165, 1.54) is 48.5 Å². The van der Waals surface area contributed by atoms with Gasteiger partial charge >= 0.3 is 0 Å². The van der Waals surface area contributed by atoms with E-state index in [1.54, 1.807) is 0 Å². The lowest BCUT2D eigenvalue weighted by atomic mass is 10.1. The van der Waals surface area contributed by atoms with E-state index in [0.29, 0.717) is 0 Å². The van der Waals surface area contributed by atoms with Crippen molar-refractivity contribution in [3.05, 3.63) is 75.8 Å². The van der Waals surface area contributed by atoms with Crippen LogP contribution in [0.15, 0.2) is 59.5 Å². The fraction of sp³-hybridized carbons (Fsp3) is 0.0455. The maximum Gasteiger partial charge on any atom is 0.262 e. The maximum atomic E-state index is 12.3. The van der Waals surface area contributed by atoms with E-state index < -0.39 is 22.5 Å². The Balaban J connectivity index is 1.69. The Bertz CT molecular complexity index is 1430. The largest absolute Gasteiger partial charge is 0.484 e. The lowest BCUT2D eigenvalue weighted by Gasteiger charge is -2.12. The Kier molecular flexibility index (Phi) is 7.61. The summed E-state index contributed by atoms with van der Waals surface area (Å²) in [7, 11) is -3.93. The molecule has 0 spiro atoms. The van der Waals surface area contributed by atoms with Gasteiger partial charge in [0.2, 0.25) is 10.0 Å². The third kappa shape index (κ3) is 6.61. The predicted octanol–water partition coefficient (Wildman–Crippen LogP) is 4.19. The van der Waals surface area contributed by atoms with Gasteiger partial charge in [-0.1, -0.05) is 23.2 Å². The minimum absolute atomic E-state index is 0.0188. The number of sulfonamides is 1. The monoisotopic (exact) mass is 516 g/mol. The SMILES string of the molecule is N#Cc1cc(C#N)cc(Oc2cc(Cl)cc(OCC(=O)Nc3ccc(S(N)(=O)=O)cc3Cl)c2)c1. The molecule has 0 bridgehead atoms. The van der Waals surface area contributed by atoms with Crippen molar-refractivity contribution in [2.75, 3.05) is 11.9 Å². The van der Waals surface area contributed by atoms with Crippen LogP contribution in [0.5, 0.6) is 17.2 Å². The fourth-order valence-electron chi connectivity index (χ4n) is 2.71. The molecule has 1 amide bonds. The van der Waals surface area contributed by atoms with Crippen LogP contribution in [0.4, 0.5) is 5.69 Å². The van der Waals surface area contributed by atoms with E-state index in [2.05, 4.69) is 5.32 Å². The summed E-state index contributed by atoms with van der Waals surface area (Å²) < 4.78 is 33.9. The van der Waals surface area contributed by atoms with E-state index in [0.717, 1.165) is 6.07 Å². The standard InChI is InChI=1S/C22H14Cl2N4O5S/c23-15-6-16(8-18(7-15)33-17-4-13(10-25)3-14(5-17)11-26)32-12-22(29)28-21-2-1-19(9-20(21)24)34(27,30)31/h1-9H,12H2,(H,28,29)(H2,27,30,31). The second-order valence-corrected chi connectivity index (χ2v) is 9.12. The average Bonchev–Trinajstić information content (AvgIpc) is 2.77. The van der Waals surface area contributed by atoms with E-state index >= 15 is 0 Å². The van der Waals surface area contributed by atoms with Crippen molar-refractivity contribution >= 4 is 44.8 Å². The number of ether oxygens (including phenoxy) is 2. The Morgan fingerprint density at radius 2 is 1.56 bits per heavy atom. The van der Waals surface area contributed by atoms with Crippen LogP contribution in [0.25, 0.3) is 0 Å². The first-order valence-electron chi connectivity index (χ1n) is 9.26. The van der Waals surface area contributed by atoms with Gasteiger partial charge in [0, 0.05) is 11.1 Å². The van der Waals surface area contributed by atoms with E-state index in [9.17, 15) is 13.2 Å². The van der Waals surface area contributed by atoms with Crippen molar-refractivity contribution < 1.29 is 22.7 Å². The third-order valence-corrected chi connectivity index (χ3v) is 5.60. The molecular weight excluding hydrogens is 503 g/mol. The Hall–Kier alpha value is -3.80. The molecule has 0 radical (unpaired) electrons. The second-order valence-electron chi connectivity index (χ2n) is 6.72. The van der Waals surface area contributed by atoms with Gasteiger partial charge in [0.1, 0.15) is 17.2 Å². The van der Waals surface area contributed by atoms with Gasteiger partial charge in [-0.3, -0.25) is 4.79 Å². The first-order valence-corrected chi connectivity index (χ1v) is 11.6. The summed E-state index contributed by atoms with van der Waals surface area (Å²) >= 11 is 12.1. The van der Waals surface area contributed by atoms with Gasteiger partial charge in [0.15, 0.2) is 6.61 Å². The number of halogens is 2. The topological polar surface area (TPSA) is 155 Å². The zero-order chi connectivity index (χ0) is 24.9. The molecule has 9 nitrogen and oxygen atoms in total. The van der Waals surface area contributed by atoms with Crippen LogP contribution in [0.3, 0.4) is 0 Å². The van der Waals surface area contributed by atoms with Crippen LogP contribution in [0, 0.1) is 22.7 Å². The van der Waals surface area contributed by atoms with Gasteiger partial charge in [-0.25, -0.2) is 13.6 Å². The van der Waals surface area contributed by atoms with Gasteiger partial charge in [-0.05, 0) is 48.5 Å². The van der Waals surface area contributed by atoms with Crippen molar-refractivity contribution in [2.24, 2.45) is 5.14 Å². The quantitative estimate of drug-likeness (QED) is 0.476. The highest BCUT2D eigenvalue weighted by Gasteiger charge is 2.13. The normalized spacial score (nSPS) is 10.6. The van der Waals surface area contributed by atoms with Crippen LogP contribution in [-0.4, -0.2) is 20.9 Å². The summed E-state index contributed by atoms with van der Waals surface area (Å²) in [6, 6.07) is 16.3. The highest BCUT2D eigenvalue weighted by atomic mass is 35.5. The summed E-state index contributed by atoms with van der Waals surface area (Å²) in [6.07, 6.45) is 0. The molecule has 3 aromatic rings. The molecule has 0 unspecified atom stereocenters. The molecule has 0 saturated carbocycles. The van der Waals surface area contributed by atoms with Gasteiger partial charge < -0.3 is 14.8 Å². The molecule has 0 aromatic heterocycles. The van der Waals surface area contributed by atoms with E-state index in [-0.39, 0.29) is 49.0 Å². The molecule has 0 heterocycles. The molecule has 172 valence electrons. The summed E-state index contributed by atoms with van der Waals surface area (Å²) in [4.78, 5) is 12.1. The first kappa shape index (κ1) is 24.8. The molecule has 3 rings (SSSR count). The zero-order valence-electron chi connectivity index (χ0n) is 17.1. The third-order valence-electron chi connectivity index (χ3n) is 4.16. The molecule has 0 aliphatic rings. The van der Waals surface area contributed by atoms with Crippen molar-refractivity contribution in [1.29, 1.82) is 10.5 Å². The number of hydrogen-bond acceptors (Lipinski definition) is 7. The van der Waals surface area contributed by atoms with Gasteiger partial charge in [-0.2, -0.15) is 10.5 Å². The fourth-order valence-corrected chi connectivity index (χ4v) is 3.76. The van der Waals surface area contributed by atoms with Crippen LogP contribution in [0.1, 0.15) is 11.1 Å². The molecular formula is C22H14Cl2N4O5S. The number of nitrogens with one attached hydrogen (secondary N) is 1. The van der Waals surface area contributed by atoms with Gasteiger partial charge in [0.25, 0.3) is 5.91 Å². The van der Waals surface area contributed by atoms with Crippen molar-refractivity contribution in [1.82, 2.24) is 0 Å². The van der Waals surface area contributed by atoms with Crippen LogP contribution in [-0.2, 0) is 14.8 Å². The number of benzene rings is 3. The molecule has 0 aliphatic carbocycles. The molecule has 3 aromatic carbocycles. The number of nitrogens with two attached hydrogens (primary N) is 1. The number of rotatable bonds is 7. The van der Waals surface area contributed by atoms with Crippen LogP contribution < -0.4 is 19.9 Å². The number of carbonyl (C=O) groups is 1. The Morgan fingerprint density at radius 3 is 2.15 bits per heavy atom. The molecule has 0 saturated heterocycles. The smallest absolute Gasteiger partial charge is 0.262 e. The number of nitrogens with zero attached hydrogens (tertiary/aromatic N) is 2. The van der Waals surface area contributed by atoms with Crippen molar-refractivity contribution in [3.8, 4) is 29.4 Å². The van der Waals surface area contributed by atoms with Crippen LogP contribution >= 0.6 is 23.2 Å². The summed E-state index contributed by atoms with van der Waals surface area (Å²) in [5.41, 5.74) is 0.670. The minimum Gasteiger partial charge on any atom is -0.484 e. The second kappa shape index (κ2) is 10.4. The molecule has 34 heavy (non-hydrogen) atoms. The minimum atomic E-state index is -3.93. The molecule has 0 atom stereocenters.